The predicted octanol–water partition coefficient (Wildman–Crippen LogP) is 3.46. The van der Waals surface area contributed by atoms with Crippen molar-refractivity contribution in [3.8, 4) is 0 Å². The number of morpholine rings is 1. The van der Waals surface area contributed by atoms with Crippen molar-refractivity contribution in [3.05, 3.63) is 65.9 Å². The van der Waals surface area contributed by atoms with Gasteiger partial charge in [-0.05, 0) is 42.2 Å². The number of hydrogen-bond acceptors (Lipinski definition) is 10. The monoisotopic (exact) mass is 477 g/mol. The minimum atomic E-state index is -0.478. The second-order valence-electron chi connectivity index (χ2n) is 8.42. The fourth-order valence-electron chi connectivity index (χ4n) is 4.08. The van der Waals surface area contributed by atoms with E-state index in [1.54, 1.807) is 6.20 Å². The molecule has 1 aromatic carbocycles. The van der Waals surface area contributed by atoms with Gasteiger partial charge in [0.25, 0.3) is 5.95 Å². The molecule has 10 nitrogen and oxygen atoms in total. The Hall–Kier alpha value is -3.54. The first kappa shape index (κ1) is 23.2. The molecular weight excluding hydrogens is 449 g/mol. The first-order valence-electron chi connectivity index (χ1n) is 11.7. The molecule has 1 atom stereocenters. The zero-order valence-electron chi connectivity index (χ0n) is 19.3. The van der Waals surface area contributed by atoms with E-state index in [9.17, 15) is 4.39 Å². The SMILES string of the molecule is Fc1cnc(N=NCc2ccc(Nc3ccc(C4CCNNC4)cc3)cn2)nc1N1CCOCC1. The number of hydrogen-bond donors (Lipinski definition) is 3. The summed E-state index contributed by atoms with van der Waals surface area (Å²) < 4.78 is 19.4. The highest BCUT2D eigenvalue weighted by Crippen LogP contribution is 2.24. The number of azo groups is 1. The van der Waals surface area contributed by atoms with Crippen molar-refractivity contribution < 1.29 is 9.13 Å². The van der Waals surface area contributed by atoms with Crippen LogP contribution in [0.3, 0.4) is 0 Å². The van der Waals surface area contributed by atoms with E-state index in [0.29, 0.717) is 32.2 Å². The molecule has 11 heteroatoms. The molecule has 2 fully saturated rings. The Morgan fingerprint density at radius 1 is 1.03 bits per heavy atom. The van der Waals surface area contributed by atoms with E-state index in [4.69, 9.17) is 4.74 Å². The minimum absolute atomic E-state index is 0.120. The summed E-state index contributed by atoms with van der Waals surface area (Å²) in [4.78, 5) is 14.4. The lowest BCUT2D eigenvalue weighted by atomic mass is 9.94. The summed E-state index contributed by atoms with van der Waals surface area (Å²) in [5.74, 6) is 0.404. The van der Waals surface area contributed by atoms with Gasteiger partial charge in [-0.1, -0.05) is 12.1 Å². The van der Waals surface area contributed by atoms with E-state index in [-0.39, 0.29) is 18.3 Å². The molecular formula is C24H28FN9O. The maximum Gasteiger partial charge on any atom is 0.270 e. The van der Waals surface area contributed by atoms with Gasteiger partial charge in [0.05, 0.1) is 37.0 Å². The minimum Gasteiger partial charge on any atom is -0.378 e. The molecule has 0 saturated carbocycles. The average Bonchev–Trinajstić information content (AvgIpc) is 2.92. The van der Waals surface area contributed by atoms with Crippen LogP contribution in [-0.2, 0) is 11.3 Å². The van der Waals surface area contributed by atoms with Gasteiger partial charge in [-0.25, -0.2) is 9.37 Å². The van der Waals surface area contributed by atoms with Crippen LogP contribution >= 0.6 is 0 Å². The van der Waals surface area contributed by atoms with Crippen molar-refractivity contribution >= 4 is 23.1 Å². The van der Waals surface area contributed by atoms with E-state index in [1.165, 1.54) is 5.56 Å². The number of pyridine rings is 1. The smallest absolute Gasteiger partial charge is 0.270 e. The van der Waals surface area contributed by atoms with Crippen LogP contribution in [0.2, 0.25) is 0 Å². The summed E-state index contributed by atoms with van der Waals surface area (Å²) in [6.45, 7) is 4.43. The molecule has 5 rings (SSSR count). The van der Waals surface area contributed by atoms with E-state index in [0.717, 1.165) is 42.8 Å². The van der Waals surface area contributed by atoms with Gasteiger partial charge in [0.2, 0.25) is 0 Å². The van der Waals surface area contributed by atoms with Crippen LogP contribution < -0.4 is 21.1 Å². The third-order valence-corrected chi connectivity index (χ3v) is 6.00. The van der Waals surface area contributed by atoms with Crippen molar-refractivity contribution in [2.45, 2.75) is 18.9 Å². The molecule has 35 heavy (non-hydrogen) atoms. The number of hydrazine groups is 1. The van der Waals surface area contributed by atoms with Crippen LogP contribution in [-0.4, -0.2) is 54.3 Å². The highest BCUT2D eigenvalue weighted by Gasteiger charge is 2.18. The van der Waals surface area contributed by atoms with Crippen LogP contribution in [0.4, 0.5) is 27.5 Å². The van der Waals surface area contributed by atoms with E-state index in [2.05, 4.69) is 65.6 Å². The maximum absolute atomic E-state index is 14.1. The maximum atomic E-state index is 14.1. The third kappa shape index (κ3) is 6.13. The summed E-state index contributed by atoms with van der Waals surface area (Å²) in [5, 5.41) is 11.6. The number of benzene rings is 1. The Labute approximate surface area is 203 Å². The Morgan fingerprint density at radius 2 is 1.86 bits per heavy atom. The zero-order chi connectivity index (χ0) is 23.9. The lowest BCUT2D eigenvalue weighted by Gasteiger charge is -2.27. The van der Waals surface area contributed by atoms with E-state index >= 15 is 0 Å². The predicted molar refractivity (Wildman–Crippen MR) is 131 cm³/mol. The van der Waals surface area contributed by atoms with E-state index in [1.807, 2.05) is 17.0 Å². The number of nitrogens with one attached hydrogen (secondary N) is 3. The number of anilines is 3. The molecule has 0 bridgehead atoms. The van der Waals surface area contributed by atoms with Crippen LogP contribution in [0.25, 0.3) is 0 Å². The van der Waals surface area contributed by atoms with Crippen LogP contribution in [0, 0.1) is 5.82 Å². The first-order valence-corrected chi connectivity index (χ1v) is 11.7. The molecule has 4 heterocycles. The summed E-state index contributed by atoms with van der Waals surface area (Å²) in [5.41, 5.74) is 10.4. The van der Waals surface area contributed by atoms with Crippen molar-refractivity contribution in [3.63, 3.8) is 0 Å². The molecule has 1 unspecified atom stereocenters. The highest BCUT2D eigenvalue weighted by molar-refractivity contribution is 5.59. The molecule has 2 aliphatic heterocycles. The average molecular weight is 478 g/mol. The van der Waals surface area contributed by atoms with Gasteiger partial charge in [-0.3, -0.25) is 15.8 Å². The molecule has 0 radical (unpaired) electrons. The third-order valence-electron chi connectivity index (χ3n) is 6.00. The molecule has 0 aliphatic carbocycles. The van der Waals surface area contributed by atoms with Crippen LogP contribution in [0.5, 0.6) is 0 Å². The van der Waals surface area contributed by atoms with Gasteiger partial charge < -0.3 is 15.0 Å². The van der Waals surface area contributed by atoms with Gasteiger partial charge >= 0.3 is 0 Å². The largest absolute Gasteiger partial charge is 0.378 e. The Bertz CT molecular complexity index is 1130. The molecule has 2 saturated heterocycles. The van der Waals surface area contributed by atoms with Crippen molar-refractivity contribution in [1.29, 1.82) is 0 Å². The summed E-state index contributed by atoms with van der Waals surface area (Å²) in [6, 6.07) is 12.4. The van der Waals surface area contributed by atoms with Crippen molar-refractivity contribution in [2.75, 3.05) is 49.6 Å². The van der Waals surface area contributed by atoms with E-state index < -0.39 is 5.82 Å². The van der Waals surface area contributed by atoms with Gasteiger partial charge in [0.15, 0.2) is 11.6 Å². The molecule has 3 N–H and O–H groups in total. The number of aromatic nitrogens is 3. The first-order chi connectivity index (χ1) is 17.2. The topological polar surface area (TPSA) is 112 Å². The Balaban J connectivity index is 1.15. The summed E-state index contributed by atoms with van der Waals surface area (Å²) in [7, 11) is 0. The summed E-state index contributed by atoms with van der Waals surface area (Å²) >= 11 is 0. The Morgan fingerprint density at radius 3 is 2.60 bits per heavy atom. The highest BCUT2D eigenvalue weighted by atomic mass is 19.1. The molecule has 2 aliphatic rings. The standard InChI is InChI=1S/C24H28FN9O/c25-22-16-27-24(32-23(22)34-9-11-35-12-10-34)33-30-15-20-5-6-21(14-26-20)31-19-3-1-17(2-4-19)18-7-8-28-29-13-18/h1-6,14,16,18,28-29,31H,7-13,15H2. The van der Waals surface area contributed by atoms with Crippen LogP contribution in [0.15, 0.2) is 59.0 Å². The second kappa shape index (κ2) is 11.3. The number of ether oxygens (including phenoxy) is 1. The van der Waals surface area contributed by atoms with Gasteiger partial charge in [-0.2, -0.15) is 10.1 Å². The van der Waals surface area contributed by atoms with Gasteiger partial charge in [0, 0.05) is 31.9 Å². The molecule has 182 valence electrons. The van der Waals surface area contributed by atoms with Crippen molar-refractivity contribution in [1.82, 2.24) is 25.8 Å². The second-order valence-corrected chi connectivity index (χ2v) is 8.42. The molecule has 2 aromatic heterocycles. The molecule has 3 aromatic rings. The number of rotatable bonds is 7. The van der Waals surface area contributed by atoms with Gasteiger partial charge in [-0.15, -0.1) is 5.11 Å². The lowest BCUT2D eigenvalue weighted by Crippen LogP contribution is -2.41. The Kier molecular flexibility index (Phi) is 7.47. The summed E-state index contributed by atoms with van der Waals surface area (Å²) in [6.07, 6.45) is 4.02. The number of nitrogens with zero attached hydrogens (tertiary/aromatic N) is 6. The fraction of sp³-hybridized carbons (Fsp3) is 0.375. The van der Waals surface area contributed by atoms with Crippen molar-refractivity contribution in [2.24, 2.45) is 10.2 Å². The molecule has 0 spiro atoms. The quantitative estimate of drug-likeness (QED) is 0.444. The van der Waals surface area contributed by atoms with Gasteiger partial charge in [0.1, 0.15) is 6.54 Å². The fourth-order valence-corrected chi connectivity index (χ4v) is 4.08. The normalized spacial score (nSPS) is 18.7. The number of halogens is 1. The van der Waals surface area contributed by atoms with Crippen LogP contribution in [0.1, 0.15) is 23.6 Å². The molecule has 0 amide bonds. The zero-order valence-corrected chi connectivity index (χ0v) is 19.3. The lowest BCUT2D eigenvalue weighted by molar-refractivity contribution is 0.122.